The number of hydrogen-bond acceptors (Lipinski definition) is 3. The largest absolute Gasteiger partial charge is 0.375 e. The molecule has 0 aliphatic heterocycles. The summed E-state index contributed by atoms with van der Waals surface area (Å²) in [5.74, 6) is -0.215. The van der Waals surface area contributed by atoms with E-state index >= 15 is 0 Å². The summed E-state index contributed by atoms with van der Waals surface area (Å²) in [5.41, 5.74) is 3.11. The summed E-state index contributed by atoms with van der Waals surface area (Å²) in [7, 11) is 1.62. The van der Waals surface area contributed by atoms with E-state index in [1.807, 2.05) is 37.3 Å². The summed E-state index contributed by atoms with van der Waals surface area (Å²) in [6.45, 7) is 2.39. The van der Waals surface area contributed by atoms with Crippen LogP contribution in [0.2, 0.25) is 0 Å². The number of nitrogens with zero attached hydrogens (tertiary/aromatic N) is 1. The van der Waals surface area contributed by atoms with Crippen LogP contribution in [0.15, 0.2) is 48.5 Å². The number of nitriles is 1. The Bertz CT molecular complexity index is 704. The lowest BCUT2D eigenvalue weighted by atomic mass is 10.0. The van der Waals surface area contributed by atoms with Crippen molar-refractivity contribution in [3.63, 3.8) is 0 Å². The van der Waals surface area contributed by atoms with E-state index in [9.17, 15) is 4.79 Å². The normalized spacial score (nSPS) is 11.5. The van der Waals surface area contributed by atoms with Gasteiger partial charge in [0.25, 0.3) is 5.91 Å². The van der Waals surface area contributed by atoms with Crippen LogP contribution < -0.4 is 5.32 Å². The molecule has 112 valence electrons. The maximum Gasteiger partial charge on any atom is 0.251 e. The number of rotatable bonds is 5. The molecule has 1 unspecified atom stereocenters. The van der Waals surface area contributed by atoms with Crippen LogP contribution in [0, 0.1) is 18.3 Å². The molecule has 2 aromatic carbocycles. The lowest BCUT2D eigenvalue weighted by molar-refractivity contribution is 0.0826. The molecule has 0 saturated carbocycles. The molecule has 2 rings (SSSR count). The number of amides is 1. The van der Waals surface area contributed by atoms with Gasteiger partial charge < -0.3 is 10.1 Å². The number of benzene rings is 2. The van der Waals surface area contributed by atoms with Gasteiger partial charge in [0.15, 0.2) is 0 Å². The highest BCUT2D eigenvalue weighted by molar-refractivity contribution is 5.94. The van der Waals surface area contributed by atoms with E-state index in [-0.39, 0.29) is 12.0 Å². The zero-order valence-corrected chi connectivity index (χ0v) is 12.7. The van der Waals surface area contributed by atoms with Gasteiger partial charge in [-0.2, -0.15) is 5.26 Å². The molecule has 0 spiro atoms. The van der Waals surface area contributed by atoms with Crippen molar-refractivity contribution in [3.8, 4) is 6.07 Å². The number of carbonyl (C=O) groups excluding carboxylic acids is 1. The van der Waals surface area contributed by atoms with Crippen molar-refractivity contribution < 1.29 is 9.53 Å². The highest BCUT2D eigenvalue weighted by Crippen LogP contribution is 2.19. The van der Waals surface area contributed by atoms with E-state index in [2.05, 4.69) is 5.32 Å². The third-order valence-corrected chi connectivity index (χ3v) is 3.52. The maximum atomic E-state index is 12.2. The van der Waals surface area contributed by atoms with Gasteiger partial charge in [-0.15, -0.1) is 0 Å². The van der Waals surface area contributed by atoms with Crippen molar-refractivity contribution >= 4 is 5.91 Å². The summed E-state index contributed by atoms with van der Waals surface area (Å²) >= 11 is 0. The molecule has 1 amide bonds. The van der Waals surface area contributed by atoms with E-state index in [4.69, 9.17) is 10.00 Å². The first kappa shape index (κ1) is 15.7. The Balaban J connectivity index is 2.06. The summed E-state index contributed by atoms with van der Waals surface area (Å²) in [6.07, 6.45) is -0.204. The Kier molecular flexibility index (Phi) is 5.29. The Labute approximate surface area is 130 Å². The highest BCUT2D eigenvalue weighted by atomic mass is 16.5. The van der Waals surface area contributed by atoms with Gasteiger partial charge in [-0.25, -0.2) is 0 Å². The van der Waals surface area contributed by atoms with Gasteiger partial charge >= 0.3 is 0 Å². The van der Waals surface area contributed by atoms with Crippen LogP contribution in [-0.2, 0) is 4.74 Å². The molecule has 0 saturated heterocycles. The summed E-state index contributed by atoms with van der Waals surface area (Å²) in [5, 5.41) is 11.7. The van der Waals surface area contributed by atoms with Crippen molar-refractivity contribution in [1.29, 1.82) is 5.26 Å². The van der Waals surface area contributed by atoms with Gasteiger partial charge in [-0.3, -0.25) is 4.79 Å². The molecule has 22 heavy (non-hydrogen) atoms. The van der Waals surface area contributed by atoms with Gasteiger partial charge in [0, 0.05) is 19.2 Å². The molecular weight excluding hydrogens is 276 g/mol. The van der Waals surface area contributed by atoms with E-state index in [0.29, 0.717) is 17.7 Å². The number of hydrogen-bond donors (Lipinski definition) is 1. The molecule has 0 aliphatic rings. The highest BCUT2D eigenvalue weighted by Gasteiger charge is 2.14. The minimum Gasteiger partial charge on any atom is -0.375 e. The topological polar surface area (TPSA) is 62.1 Å². The predicted octanol–water partition coefficient (Wildman–Crippen LogP) is 2.98. The first-order valence-electron chi connectivity index (χ1n) is 7.02. The molecule has 0 bridgehead atoms. The molecule has 4 nitrogen and oxygen atoms in total. The van der Waals surface area contributed by atoms with Gasteiger partial charge in [0.05, 0.1) is 17.7 Å². The average molecular weight is 294 g/mol. The SMILES string of the molecule is COC(CNC(=O)c1cccc(C#N)c1)c1ccccc1C. The quantitative estimate of drug-likeness (QED) is 0.922. The Hall–Kier alpha value is -2.64. The number of methoxy groups -OCH3 is 1. The van der Waals surface area contributed by atoms with Crippen LogP contribution >= 0.6 is 0 Å². The molecule has 0 aromatic heterocycles. The third-order valence-electron chi connectivity index (χ3n) is 3.52. The van der Waals surface area contributed by atoms with E-state index in [1.165, 1.54) is 0 Å². The minimum atomic E-state index is -0.215. The van der Waals surface area contributed by atoms with Gasteiger partial charge in [-0.05, 0) is 36.2 Å². The zero-order valence-electron chi connectivity index (χ0n) is 12.7. The molecule has 1 N–H and O–H groups in total. The molecule has 1 atom stereocenters. The van der Waals surface area contributed by atoms with Crippen LogP contribution in [-0.4, -0.2) is 19.6 Å². The fraction of sp³-hybridized carbons (Fsp3) is 0.222. The summed E-state index contributed by atoms with van der Waals surface area (Å²) < 4.78 is 5.48. The monoisotopic (exact) mass is 294 g/mol. The zero-order chi connectivity index (χ0) is 15.9. The van der Waals surface area contributed by atoms with Gasteiger partial charge in [-0.1, -0.05) is 30.3 Å². The van der Waals surface area contributed by atoms with Crippen LogP contribution in [0.1, 0.15) is 33.2 Å². The Morgan fingerprint density at radius 1 is 1.27 bits per heavy atom. The van der Waals surface area contributed by atoms with Crippen molar-refractivity contribution in [2.24, 2.45) is 0 Å². The smallest absolute Gasteiger partial charge is 0.251 e. The lowest BCUT2D eigenvalue weighted by Gasteiger charge is -2.18. The molecule has 4 heteroatoms. The molecule has 0 aliphatic carbocycles. The van der Waals surface area contributed by atoms with E-state index in [1.54, 1.807) is 31.4 Å². The summed E-state index contributed by atoms with van der Waals surface area (Å²) in [4.78, 5) is 12.2. The standard InChI is InChI=1S/C18H18N2O2/c1-13-6-3-4-9-16(13)17(22-2)12-20-18(21)15-8-5-7-14(10-15)11-19/h3-10,17H,12H2,1-2H3,(H,20,21). The fourth-order valence-electron chi connectivity index (χ4n) is 2.29. The van der Waals surface area contributed by atoms with Crippen LogP contribution in [0.5, 0.6) is 0 Å². The first-order chi connectivity index (χ1) is 10.7. The number of nitrogens with one attached hydrogen (secondary N) is 1. The van der Waals surface area contributed by atoms with Crippen molar-refractivity contribution in [3.05, 3.63) is 70.8 Å². The Morgan fingerprint density at radius 2 is 2.05 bits per heavy atom. The maximum absolute atomic E-state index is 12.2. The number of carbonyl (C=O) groups is 1. The van der Waals surface area contributed by atoms with Crippen molar-refractivity contribution in [2.75, 3.05) is 13.7 Å². The summed E-state index contributed by atoms with van der Waals surface area (Å²) in [6, 6.07) is 16.6. The predicted molar refractivity (Wildman–Crippen MR) is 84.4 cm³/mol. The molecular formula is C18H18N2O2. The van der Waals surface area contributed by atoms with Crippen molar-refractivity contribution in [1.82, 2.24) is 5.32 Å². The molecule has 0 fully saturated rings. The van der Waals surface area contributed by atoms with Gasteiger partial charge in [0.2, 0.25) is 0 Å². The first-order valence-corrected chi connectivity index (χ1v) is 7.02. The molecule has 0 heterocycles. The fourth-order valence-corrected chi connectivity index (χ4v) is 2.29. The number of ether oxygens (including phenoxy) is 1. The lowest BCUT2D eigenvalue weighted by Crippen LogP contribution is -2.29. The number of aryl methyl sites for hydroxylation is 1. The van der Waals surface area contributed by atoms with E-state index in [0.717, 1.165) is 11.1 Å². The molecule has 2 aromatic rings. The Morgan fingerprint density at radius 3 is 2.73 bits per heavy atom. The van der Waals surface area contributed by atoms with Crippen molar-refractivity contribution in [2.45, 2.75) is 13.0 Å². The second-order valence-electron chi connectivity index (χ2n) is 4.98. The average Bonchev–Trinajstić information content (AvgIpc) is 2.56. The van der Waals surface area contributed by atoms with Crippen LogP contribution in [0.3, 0.4) is 0 Å². The van der Waals surface area contributed by atoms with Crippen LogP contribution in [0.25, 0.3) is 0 Å². The van der Waals surface area contributed by atoms with Crippen LogP contribution in [0.4, 0.5) is 0 Å². The van der Waals surface area contributed by atoms with E-state index < -0.39 is 0 Å². The van der Waals surface area contributed by atoms with Gasteiger partial charge in [0.1, 0.15) is 0 Å². The third kappa shape index (κ3) is 3.72. The minimum absolute atomic E-state index is 0.204. The molecule has 0 radical (unpaired) electrons. The second kappa shape index (κ2) is 7.39. The second-order valence-corrected chi connectivity index (χ2v) is 4.98.